The van der Waals surface area contributed by atoms with Gasteiger partial charge in [-0.1, -0.05) is 42.5 Å². The van der Waals surface area contributed by atoms with Crippen molar-refractivity contribution in [2.24, 2.45) is 7.05 Å². The molecule has 0 saturated heterocycles. The van der Waals surface area contributed by atoms with Crippen molar-refractivity contribution in [3.05, 3.63) is 81.8 Å². The summed E-state index contributed by atoms with van der Waals surface area (Å²) < 4.78 is 3.22. The Bertz CT molecular complexity index is 1140. The Morgan fingerprint density at radius 1 is 0.935 bits per heavy atom. The molecule has 1 aromatic heterocycles. The van der Waals surface area contributed by atoms with E-state index < -0.39 is 0 Å². The van der Waals surface area contributed by atoms with Crippen LogP contribution in [-0.4, -0.2) is 32.7 Å². The molecule has 1 heterocycles. The van der Waals surface area contributed by atoms with E-state index in [1.165, 1.54) is 16.4 Å². The molecule has 3 aromatic rings. The average molecular weight is 439 g/mol. The Hall–Kier alpha value is -3.26. The van der Waals surface area contributed by atoms with Gasteiger partial charge < -0.3 is 10.6 Å². The van der Waals surface area contributed by atoms with Crippen molar-refractivity contribution in [1.29, 1.82) is 0 Å². The smallest absolute Gasteiger partial charge is 0.295 e. The number of hydrogen-bond acceptors (Lipinski definition) is 4. The Morgan fingerprint density at radius 2 is 1.58 bits per heavy atom. The Morgan fingerprint density at radius 3 is 2.29 bits per heavy atom. The number of nitrogens with one attached hydrogen (secondary N) is 2. The van der Waals surface area contributed by atoms with E-state index in [-0.39, 0.29) is 34.6 Å². The molecular weight excluding hydrogens is 412 g/mol. The number of aryl methyl sites for hydroxylation is 1. The molecule has 0 saturated carbocycles. The number of amides is 2. The number of hydrogen-bond donors (Lipinski definition) is 2. The van der Waals surface area contributed by atoms with Crippen LogP contribution in [0.3, 0.4) is 0 Å². The molecule has 0 atom stereocenters. The highest BCUT2D eigenvalue weighted by Crippen LogP contribution is 2.14. The summed E-state index contributed by atoms with van der Waals surface area (Å²) in [5.74, 6) is -0.204. The van der Waals surface area contributed by atoms with Crippen molar-refractivity contribution in [2.75, 3.05) is 16.8 Å². The molecule has 0 aliphatic heterocycles. The van der Waals surface area contributed by atoms with Gasteiger partial charge in [-0.3, -0.25) is 19.1 Å². The number of carbonyl (C=O) groups is 2. The molecular formula is C23H26N4O3S. The topological polar surface area (TPSA) is 85.1 Å². The predicted octanol–water partition coefficient (Wildman–Crippen LogP) is 2.78. The van der Waals surface area contributed by atoms with Gasteiger partial charge in [0.05, 0.1) is 22.9 Å². The monoisotopic (exact) mass is 438 g/mol. The fourth-order valence-corrected chi connectivity index (χ4v) is 3.82. The fraction of sp³-hybridized carbons (Fsp3) is 0.261. The molecule has 0 unspecified atom stereocenters. The molecule has 2 aromatic carbocycles. The first-order valence-corrected chi connectivity index (χ1v) is 11.1. The number of carbonyl (C=O) groups excluding carboxylic acids is 2. The third-order valence-electron chi connectivity index (χ3n) is 5.02. The van der Waals surface area contributed by atoms with Crippen molar-refractivity contribution < 1.29 is 9.59 Å². The number of rotatable bonds is 8. The molecule has 0 fully saturated rings. The van der Waals surface area contributed by atoms with Crippen molar-refractivity contribution in [3.8, 4) is 5.69 Å². The van der Waals surface area contributed by atoms with Gasteiger partial charge in [-0.05, 0) is 37.1 Å². The van der Waals surface area contributed by atoms with E-state index in [0.717, 1.165) is 16.8 Å². The summed E-state index contributed by atoms with van der Waals surface area (Å²) in [6, 6.07) is 17.1. The molecule has 0 bridgehead atoms. The maximum absolute atomic E-state index is 12.8. The summed E-state index contributed by atoms with van der Waals surface area (Å²) in [6.07, 6.45) is 0. The fourth-order valence-electron chi connectivity index (χ4n) is 3.18. The standard InChI is InChI=1S/C23H26N4O3S/c1-16-9-7-8-10-18(16)13-24-20(28)14-31-15-21(29)25-22-17(2)26(3)27(23(22)30)19-11-5-4-6-12-19/h4-12H,13-15H2,1-3H3,(H,24,28)(H,25,29). The van der Waals surface area contributed by atoms with Gasteiger partial charge in [-0.2, -0.15) is 0 Å². The summed E-state index contributed by atoms with van der Waals surface area (Å²) in [6.45, 7) is 4.24. The Labute approximate surface area is 185 Å². The van der Waals surface area contributed by atoms with Crippen LogP contribution in [-0.2, 0) is 23.2 Å². The number of anilines is 1. The molecule has 3 rings (SSSR count). The number of nitrogens with zero attached hydrogens (tertiary/aromatic N) is 2. The second-order valence-corrected chi connectivity index (χ2v) is 8.17. The Kier molecular flexibility index (Phi) is 7.36. The van der Waals surface area contributed by atoms with Crippen LogP contribution in [0.15, 0.2) is 59.4 Å². The molecule has 8 heteroatoms. The van der Waals surface area contributed by atoms with E-state index in [4.69, 9.17) is 0 Å². The van der Waals surface area contributed by atoms with E-state index in [2.05, 4.69) is 10.6 Å². The number of thioether (sulfide) groups is 1. The zero-order chi connectivity index (χ0) is 22.4. The lowest BCUT2D eigenvalue weighted by Gasteiger charge is -2.08. The van der Waals surface area contributed by atoms with Gasteiger partial charge in [0.25, 0.3) is 5.56 Å². The van der Waals surface area contributed by atoms with E-state index >= 15 is 0 Å². The molecule has 0 aliphatic rings. The van der Waals surface area contributed by atoms with Gasteiger partial charge >= 0.3 is 0 Å². The van der Waals surface area contributed by atoms with Crippen LogP contribution in [0.1, 0.15) is 16.8 Å². The molecule has 0 aliphatic carbocycles. The van der Waals surface area contributed by atoms with Crippen molar-refractivity contribution in [2.45, 2.75) is 20.4 Å². The number of aromatic nitrogens is 2. The molecule has 0 spiro atoms. The Balaban J connectivity index is 1.53. The normalized spacial score (nSPS) is 10.7. The summed E-state index contributed by atoms with van der Waals surface area (Å²) in [4.78, 5) is 37.3. The van der Waals surface area contributed by atoms with E-state index in [0.29, 0.717) is 12.2 Å². The van der Waals surface area contributed by atoms with Crippen LogP contribution in [0.25, 0.3) is 5.69 Å². The quantitative estimate of drug-likeness (QED) is 0.566. The van der Waals surface area contributed by atoms with Gasteiger partial charge in [0, 0.05) is 13.6 Å². The summed E-state index contributed by atoms with van der Waals surface area (Å²) in [5, 5.41) is 5.57. The van der Waals surface area contributed by atoms with E-state index in [9.17, 15) is 14.4 Å². The summed E-state index contributed by atoms with van der Waals surface area (Å²) >= 11 is 1.21. The van der Waals surface area contributed by atoms with Crippen molar-refractivity contribution in [3.63, 3.8) is 0 Å². The summed E-state index contributed by atoms with van der Waals surface area (Å²) in [7, 11) is 1.77. The van der Waals surface area contributed by atoms with Crippen LogP contribution >= 0.6 is 11.8 Å². The lowest BCUT2D eigenvalue weighted by molar-refractivity contribution is -0.118. The van der Waals surface area contributed by atoms with Gasteiger partial charge in [0.2, 0.25) is 11.8 Å². The first kappa shape index (κ1) is 22.4. The predicted molar refractivity (Wildman–Crippen MR) is 125 cm³/mol. The van der Waals surface area contributed by atoms with Gasteiger partial charge in [0.1, 0.15) is 5.69 Å². The first-order chi connectivity index (χ1) is 14.9. The second-order valence-electron chi connectivity index (χ2n) is 7.18. The minimum atomic E-state index is -0.317. The largest absolute Gasteiger partial charge is 0.351 e. The molecule has 162 valence electrons. The number of benzene rings is 2. The van der Waals surface area contributed by atoms with Crippen LogP contribution in [0, 0.1) is 13.8 Å². The zero-order valence-corrected chi connectivity index (χ0v) is 18.7. The van der Waals surface area contributed by atoms with Crippen molar-refractivity contribution in [1.82, 2.24) is 14.7 Å². The third kappa shape index (κ3) is 5.46. The van der Waals surface area contributed by atoms with Crippen LogP contribution < -0.4 is 16.2 Å². The average Bonchev–Trinajstić information content (AvgIpc) is 2.97. The highest BCUT2D eigenvalue weighted by molar-refractivity contribution is 8.00. The van der Waals surface area contributed by atoms with Gasteiger partial charge in [-0.15, -0.1) is 11.8 Å². The van der Waals surface area contributed by atoms with Gasteiger partial charge in [-0.25, -0.2) is 4.68 Å². The third-order valence-corrected chi connectivity index (χ3v) is 5.95. The maximum atomic E-state index is 12.8. The van der Waals surface area contributed by atoms with Crippen LogP contribution in [0.2, 0.25) is 0 Å². The highest BCUT2D eigenvalue weighted by atomic mass is 32.2. The van der Waals surface area contributed by atoms with Gasteiger partial charge in [0.15, 0.2) is 0 Å². The second kappa shape index (κ2) is 10.2. The first-order valence-electron chi connectivity index (χ1n) is 9.91. The minimum absolute atomic E-state index is 0.0803. The molecule has 31 heavy (non-hydrogen) atoms. The number of para-hydroxylation sites is 1. The van der Waals surface area contributed by atoms with E-state index in [1.807, 2.05) is 61.5 Å². The summed E-state index contributed by atoms with van der Waals surface area (Å²) in [5.41, 5.74) is 3.52. The van der Waals surface area contributed by atoms with Crippen LogP contribution in [0.5, 0.6) is 0 Å². The van der Waals surface area contributed by atoms with Crippen LogP contribution in [0.4, 0.5) is 5.69 Å². The lowest BCUT2D eigenvalue weighted by atomic mass is 10.1. The van der Waals surface area contributed by atoms with Crippen molar-refractivity contribution >= 4 is 29.3 Å². The molecule has 0 radical (unpaired) electrons. The lowest BCUT2D eigenvalue weighted by Crippen LogP contribution is -2.26. The molecule has 2 amide bonds. The SMILES string of the molecule is Cc1ccccc1CNC(=O)CSCC(=O)Nc1c(C)n(C)n(-c2ccccc2)c1=O. The zero-order valence-electron chi connectivity index (χ0n) is 17.8. The molecule has 2 N–H and O–H groups in total. The maximum Gasteiger partial charge on any atom is 0.295 e. The highest BCUT2D eigenvalue weighted by Gasteiger charge is 2.18. The minimum Gasteiger partial charge on any atom is -0.351 e. The molecule has 7 nitrogen and oxygen atoms in total. The van der Waals surface area contributed by atoms with E-state index in [1.54, 1.807) is 18.7 Å².